The van der Waals surface area contributed by atoms with Crippen LogP contribution in [0.15, 0.2) is 24.3 Å². The molecule has 5 nitrogen and oxygen atoms in total. The molecule has 0 saturated heterocycles. The van der Waals surface area contributed by atoms with Gasteiger partial charge in [-0.3, -0.25) is 4.79 Å². The van der Waals surface area contributed by atoms with Gasteiger partial charge < -0.3 is 10.6 Å². The predicted octanol–water partition coefficient (Wildman–Crippen LogP) is 1.69. The third-order valence-corrected chi connectivity index (χ3v) is 2.73. The van der Waals surface area contributed by atoms with E-state index in [1.54, 1.807) is 11.9 Å². The Morgan fingerprint density at radius 2 is 2.06 bits per heavy atom. The fraction of sp³-hybridized carbons (Fsp3) is 0.308. The highest BCUT2D eigenvalue weighted by Crippen LogP contribution is 2.17. The van der Waals surface area contributed by atoms with Crippen LogP contribution in [0.5, 0.6) is 0 Å². The average molecular weight is 244 g/mol. The van der Waals surface area contributed by atoms with E-state index in [0.29, 0.717) is 17.8 Å². The molecule has 1 aromatic heterocycles. The van der Waals surface area contributed by atoms with Gasteiger partial charge in [0.05, 0.1) is 5.52 Å². The quantitative estimate of drug-likeness (QED) is 0.891. The van der Waals surface area contributed by atoms with Crippen molar-refractivity contribution < 1.29 is 4.79 Å². The van der Waals surface area contributed by atoms with Gasteiger partial charge in [0.25, 0.3) is 5.91 Å². The van der Waals surface area contributed by atoms with E-state index < -0.39 is 0 Å². The summed E-state index contributed by atoms with van der Waals surface area (Å²) in [6.07, 6.45) is 0.904. The zero-order valence-electron chi connectivity index (χ0n) is 10.6. The molecule has 0 atom stereocenters. The Balaban J connectivity index is 2.53. The molecule has 0 radical (unpaired) electrons. The van der Waals surface area contributed by atoms with E-state index in [1.165, 1.54) is 0 Å². The van der Waals surface area contributed by atoms with Gasteiger partial charge in [-0.1, -0.05) is 25.1 Å². The van der Waals surface area contributed by atoms with Crippen LogP contribution in [0.25, 0.3) is 10.9 Å². The number of anilines is 1. The van der Waals surface area contributed by atoms with Gasteiger partial charge in [-0.2, -0.15) is 0 Å². The van der Waals surface area contributed by atoms with Crippen LogP contribution < -0.4 is 5.73 Å². The highest BCUT2D eigenvalue weighted by molar-refractivity contribution is 6.04. The minimum atomic E-state index is -0.123. The van der Waals surface area contributed by atoms with E-state index in [-0.39, 0.29) is 11.9 Å². The second-order valence-electron chi connectivity index (χ2n) is 4.17. The van der Waals surface area contributed by atoms with E-state index in [9.17, 15) is 4.79 Å². The SMILES string of the molecule is CCCN(C)C(=O)c1nc(N)nc2ccccc12. The van der Waals surface area contributed by atoms with Crippen LogP contribution in [-0.4, -0.2) is 34.4 Å². The maximum Gasteiger partial charge on any atom is 0.273 e. The van der Waals surface area contributed by atoms with Crippen molar-refractivity contribution in [3.05, 3.63) is 30.0 Å². The number of amides is 1. The summed E-state index contributed by atoms with van der Waals surface area (Å²) < 4.78 is 0. The monoisotopic (exact) mass is 244 g/mol. The lowest BCUT2D eigenvalue weighted by Gasteiger charge is -2.16. The molecule has 2 aromatic rings. The van der Waals surface area contributed by atoms with Crippen LogP contribution in [0.2, 0.25) is 0 Å². The average Bonchev–Trinajstić information content (AvgIpc) is 2.37. The lowest BCUT2D eigenvalue weighted by molar-refractivity contribution is 0.0791. The fourth-order valence-electron chi connectivity index (χ4n) is 1.88. The van der Waals surface area contributed by atoms with Gasteiger partial charge >= 0.3 is 0 Å². The van der Waals surface area contributed by atoms with Gasteiger partial charge in [-0.15, -0.1) is 0 Å². The zero-order chi connectivity index (χ0) is 13.1. The van der Waals surface area contributed by atoms with Crippen LogP contribution in [0.4, 0.5) is 5.95 Å². The maximum absolute atomic E-state index is 12.3. The summed E-state index contributed by atoms with van der Waals surface area (Å²) in [7, 11) is 1.76. The van der Waals surface area contributed by atoms with Crippen molar-refractivity contribution in [2.75, 3.05) is 19.3 Å². The largest absolute Gasteiger partial charge is 0.368 e. The molecule has 94 valence electrons. The summed E-state index contributed by atoms with van der Waals surface area (Å²) in [5, 5.41) is 0.736. The number of carbonyl (C=O) groups excluding carboxylic acids is 1. The molecule has 0 bridgehead atoms. The molecular weight excluding hydrogens is 228 g/mol. The third-order valence-electron chi connectivity index (χ3n) is 2.73. The normalized spacial score (nSPS) is 10.6. The second-order valence-corrected chi connectivity index (χ2v) is 4.17. The van der Waals surface area contributed by atoms with Crippen molar-refractivity contribution in [2.45, 2.75) is 13.3 Å². The van der Waals surface area contributed by atoms with E-state index in [1.807, 2.05) is 31.2 Å². The van der Waals surface area contributed by atoms with Crippen molar-refractivity contribution in [2.24, 2.45) is 0 Å². The van der Waals surface area contributed by atoms with Crippen molar-refractivity contribution in [3.63, 3.8) is 0 Å². The minimum Gasteiger partial charge on any atom is -0.368 e. The molecule has 0 aliphatic rings. The van der Waals surface area contributed by atoms with Gasteiger partial charge in [0.15, 0.2) is 0 Å². The molecule has 1 heterocycles. The smallest absolute Gasteiger partial charge is 0.273 e. The van der Waals surface area contributed by atoms with Crippen molar-refractivity contribution in [1.82, 2.24) is 14.9 Å². The summed E-state index contributed by atoms with van der Waals surface area (Å²) in [5.41, 5.74) is 6.71. The number of hydrogen-bond acceptors (Lipinski definition) is 4. The number of nitrogens with two attached hydrogens (primary N) is 1. The van der Waals surface area contributed by atoms with Gasteiger partial charge in [0.2, 0.25) is 5.95 Å². The van der Waals surface area contributed by atoms with Crippen LogP contribution in [0, 0.1) is 0 Å². The molecule has 18 heavy (non-hydrogen) atoms. The Kier molecular flexibility index (Phi) is 3.41. The highest BCUT2D eigenvalue weighted by atomic mass is 16.2. The van der Waals surface area contributed by atoms with Crippen molar-refractivity contribution >= 4 is 22.8 Å². The first kappa shape index (κ1) is 12.3. The molecule has 5 heteroatoms. The number of carbonyl (C=O) groups is 1. The fourth-order valence-corrected chi connectivity index (χ4v) is 1.88. The molecule has 1 amide bonds. The maximum atomic E-state index is 12.3. The zero-order valence-corrected chi connectivity index (χ0v) is 10.6. The molecule has 0 spiro atoms. The molecule has 0 saturated carbocycles. The summed E-state index contributed by atoms with van der Waals surface area (Å²) in [6.45, 7) is 2.72. The lowest BCUT2D eigenvalue weighted by atomic mass is 10.1. The minimum absolute atomic E-state index is 0.123. The standard InChI is InChI=1S/C13H16N4O/c1-3-8-17(2)12(18)11-9-6-4-5-7-10(9)15-13(14)16-11/h4-7H,3,8H2,1-2H3,(H2,14,15,16). The lowest BCUT2D eigenvalue weighted by Crippen LogP contribution is -2.28. The van der Waals surface area contributed by atoms with Gasteiger partial charge in [0.1, 0.15) is 5.69 Å². The molecule has 0 fully saturated rings. The number of fused-ring (bicyclic) bond motifs is 1. The number of para-hydroxylation sites is 1. The Morgan fingerprint density at radius 3 is 2.78 bits per heavy atom. The number of nitrogens with zero attached hydrogens (tertiary/aromatic N) is 3. The summed E-state index contributed by atoms with van der Waals surface area (Å²) in [4.78, 5) is 22.1. The number of benzene rings is 1. The molecule has 0 unspecified atom stereocenters. The summed E-state index contributed by atoms with van der Waals surface area (Å²) >= 11 is 0. The number of rotatable bonds is 3. The first-order valence-corrected chi connectivity index (χ1v) is 5.91. The molecule has 2 rings (SSSR count). The van der Waals surface area contributed by atoms with E-state index in [0.717, 1.165) is 11.8 Å². The Labute approximate surface area is 106 Å². The molecule has 2 N–H and O–H groups in total. The molecule has 0 aliphatic heterocycles. The van der Waals surface area contributed by atoms with E-state index >= 15 is 0 Å². The third kappa shape index (κ3) is 2.25. The second kappa shape index (κ2) is 5.00. The van der Waals surface area contributed by atoms with Crippen LogP contribution >= 0.6 is 0 Å². The van der Waals surface area contributed by atoms with E-state index in [2.05, 4.69) is 9.97 Å². The summed E-state index contributed by atoms with van der Waals surface area (Å²) in [6, 6.07) is 7.38. The predicted molar refractivity (Wildman–Crippen MR) is 71.2 cm³/mol. The topological polar surface area (TPSA) is 72.1 Å². The van der Waals surface area contributed by atoms with Gasteiger partial charge in [-0.25, -0.2) is 9.97 Å². The first-order valence-electron chi connectivity index (χ1n) is 5.91. The van der Waals surface area contributed by atoms with Crippen LogP contribution in [0.3, 0.4) is 0 Å². The number of hydrogen-bond donors (Lipinski definition) is 1. The molecule has 0 aliphatic carbocycles. The van der Waals surface area contributed by atoms with E-state index in [4.69, 9.17) is 5.73 Å². The van der Waals surface area contributed by atoms with Crippen molar-refractivity contribution in [3.8, 4) is 0 Å². The van der Waals surface area contributed by atoms with Crippen LogP contribution in [-0.2, 0) is 0 Å². The molecular formula is C13H16N4O. The van der Waals surface area contributed by atoms with Gasteiger partial charge in [-0.05, 0) is 12.5 Å². The van der Waals surface area contributed by atoms with Crippen LogP contribution in [0.1, 0.15) is 23.8 Å². The number of nitrogen functional groups attached to an aromatic ring is 1. The van der Waals surface area contributed by atoms with Crippen molar-refractivity contribution in [1.29, 1.82) is 0 Å². The number of aromatic nitrogens is 2. The Morgan fingerprint density at radius 1 is 1.33 bits per heavy atom. The summed E-state index contributed by atoms with van der Waals surface area (Å²) in [5.74, 6) is 0.00379. The Bertz CT molecular complexity index is 582. The Hall–Kier alpha value is -2.17. The molecule has 1 aromatic carbocycles. The van der Waals surface area contributed by atoms with Gasteiger partial charge in [0, 0.05) is 19.0 Å². The highest BCUT2D eigenvalue weighted by Gasteiger charge is 2.17. The first-order chi connectivity index (χ1) is 8.63.